The Balaban J connectivity index is 2.67. The highest BCUT2D eigenvalue weighted by Crippen LogP contribution is 2.34. The molecular formula is C9H10BrN3O5. The predicted octanol–water partition coefficient (Wildman–Crippen LogP) is 1.05. The average molecular weight is 320 g/mol. The molecule has 0 bridgehead atoms. The van der Waals surface area contributed by atoms with Crippen LogP contribution in [0.1, 0.15) is 6.42 Å². The first-order chi connectivity index (χ1) is 8.56. The normalized spacial score (nSPS) is 9.89. The van der Waals surface area contributed by atoms with Crippen molar-refractivity contribution in [1.29, 1.82) is 0 Å². The van der Waals surface area contributed by atoms with Crippen molar-refractivity contribution in [2.45, 2.75) is 6.42 Å². The minimum Gasteiger partial charge on any atom is -0.485 e. The number of ether oxygens (including phenoxy) is 1. The molecule has 0 aliphatic rings. The van der Waals surface area contributed by atoms with E-state index in [4.69, 9.17) is 10.6 Å². The standard InChI is InChI=1S/C9H10BrN3O5/c10-6-2-1-3-7(13(15)16)9(6)17-5-4-8(14)18-12-11/h1-3,12H,4-5,11H2. The maximum atomic E-state index is 10.9. The molecule has 0 aliphatic carbocycles. The summed E-state index contributed by atoms with van der Waals surface area (Å²) >= 11 is 3.14. The molecule has 0 amide bonds. The van der Waals surface area contributed by atoms with Crippen LogP contribution in [0.15, 0.2) is 22.7 Å². The van der Waals surface area contributed by atoms with Gasteiger partial charge in [0.25, 0.3) is 0 Å². The first-order valence-electron chi connectivity index (χ1n) is 4.77. The molecule has 0 aromatic heterocycles. The summed E-state index contributed by atoms with van der Waals surface area (Å²) in [6.45, 7) is -0.0655. The molecule has 8 nitrogen and oxygen atoms in total. The van der Waals surface area contributed by atoms with Crippen LogP contribution in [0.2, 0.25) is 0 Å². The van der Waals surface area contributed by atoms with Crippen molar-refractivity contribution in [2.75, 3.05) is 6.61 Å². The van der Waals surface area contributed by atoms with Crippen molar-refractivity contribution < 1.29 is 19.3 Å². The lowest BCUT2D eigenvalue weighted by molar-refractivity contribution is -0.386. The lowest BCUT2D eigenvalue weighted by atomic mass is 10.3. The molecule has 0 radical (unpaired) electrons. The summed E-state index contributed by atoms with van der Waals surface area (Å²) in [6.07, 6.45) is -0.0946. The number of nitrogens with two attached hydrogens (primary N) is 1. The summed E-state index contributed by atoms with van der Waals surface area (Å²) in [4.78, 5) is 25.4. The molecule has 0 atom stereocenters. The predicted molar refractivity (Wildman–Crippen MR) is 64.3 cm³/mol. The number of rotatable bonds is 6. The molecule has 0 fully saturated rings. The minimum atomic E-state index is -0.632. The molecule has 0 saturated heterocycles. The summed E-state index contributed by atoms with van der Waals surface area (Å²) in [6, 6.07) is 4.42. The van der Waals surface area contributed by atoms with Crippen LogP contribution >= 0.6 is 15.9 Å². The van der Waals surface area contributed by atoms with Crippen molar-refractivity contribution in [2.24, 2.45) is 5.84 Å². The smallest absolute Gasteiger partial charge is 0.329 e. The Morgan fingerprint density at radius 1 is 1.56 bits per heavy atom. The third-order valence-electron chi connectivity index (χ3n) is 1.87. The molecule has 1 rings (SSSR count). The Kier molecular flexibility index (Phi) is 5.49. The van der Waals surface area contributed by atoms with Crippen LogP contribution in [-0.4, -0.2) is 17.5 Å². The summed E-state index contributed by atoms with van der Waals surface area (Å²) in [5, 5.41) is 10.8. The average Bonchev–Trinajstić information content (AvgIpc) is 2.31. The van der Waals surface area contributed by atoms with Gasteiger partial charge in [0.2, 0.25) is 5.75 Å². The quantitative estimate of drug-likeness (QED) is 0.457. The molecule has 0 spiro atoms. The van der Waals surface area contributed by atoms with Gasteiger partial charge in [-0.2, -0.15) is 0 Å². The minimum absolute atomic E-state index is 0.0655. The van der Waals surface area contributed by atoms with Gasteiger partial charge < -0.3 is 9.57 Å². The molecule has 0 aliphatic heterocycles. The van der Waals surface area contributed by atoms with E-state index in [-0.39, 0.29) is 24.5 Å². The van der Waals surface area contributed by atoms with Gasteiger partial charge in [-0.3, -0.25) is 14.9 Å². The van der Waals surface area contributed by atoms with Gasteiger partial charge in [-0.1, -0.05) is 11.7 Å². The summed E-state index contributed by atoms with van der Waals surface area (Å²) in [5.41, 5.74) is 1.55. The zero-order chi connectivity index (χ0) is 13.5. The van der Waals surface area contributed by atoms with Crippen molar-refractivity contribution in [1.82, 2.24) is 5.59 Å². The Morgan fingerprint density at radius 2 is 2.28 bits per heavy atom. The molecule has 0 saturated carbocycles. The molecule has 9 heteroatoms. The number of nitro groups is 1. The summed E-state index contributed by atoms with van der Waals surface area (Å²) < 4.78 is 5.62. The van der Waals surface area contributed by atoms with Crippen LogP contribution in [0.4, 0.5) is 5.69 Å². The topological polar surface area (TPSA) is 117 Å². The maximum Gasteiger partial charge on any atom is 0.329 e. The van der Waals surface area contributed by atoms with E-state index in [1.807, 2.05) is 0 Å². The molecule has 1 aromatic carbocycles. The number of halogens is 1. The third-order valence-corrected chi connectivity index (χ3v) is 2.49. The van der Waals surface area contributed by atoms with E-state index in [0.717, 1.165) is 0 Å². The second kappa shape index (κ2) is 6.89. The van der Waals surface area contributed by atoms with Crippen molar-refractivity contribution >= 4 is 27.6 Å². The zero-order valence-corrected chi connectivity index (χ0v) is 10.7. The van der Waals surface area contributed by atoms with Gasteiger partial charge in [-0.15, -0.1) is 0 Å². The number of nitrogens with zero attached hydrogens (tertiary/aromatic N) is 1. The van der Waals surface area contributed by atoms with Crippen molar-refractivity contribution in [3.8, 4) is 5.75 Å². The fraction of sp³-hybridized carbons (Fsp3) is 0.222. The van der Waals surface area contributed by atoms with E-state index in [9.17, 15) is 14.9 Å². The Hall–Kier alpha value is -1.71. The second-order valence-corrected chi connectivity index (χ2v) is 3.89. The number of carbonyl (C=O) groups excluding carboxylic acids is 1. The van der Waals surface area contributed by atoms with Gasteiger partial charge in [-0.05, 0) is 22.0 Å². The molecule has 1 aromatic rings. The fourth-order valence-electron chi connectivity index (χ4n) is 1.14. The fourth-order valence-corrected chi connectivity index (χ4v) is 1.61. The van der Waals surface area contributed by atoms with E-state index in [2.05, 4.69) is 20.8 Å². The van der Waals surface area contributed by atoms with E-state index in [0.29, 0.717) is 4.47 Å². The molecule has 3 N–H and O–H groups in total. The molecule has 0 unspecified atom stereocenters. The highest BCUT2D eigenvalue weighted by molar-refractivity contribution is 9.10. The number of hydrogen-bond donors (Lipinski definition) is 2. The van der Waals surface area contributed by atoms with E-state index >= 15 is 0 Å². The summed E-state index contributed by atoms with van der Waals surface area (Å²) in [7, 11) is 0. The number of carbonyl (C=O) groups is 1. The van der Waals surface area contributed by atoms with Gasteiger partial charge in [0.05, 0.1) is 22.4 Å². The zero-order valence-electron chi connectivity index (χ0n) is 9.09. The van der Waals surface area contributed by atoms with Crippen LogP contribution in [-0.2, 0) is 9.63 Å². The highest BCUT2D eigenvalue weighted by atomic mass is 79.9. The number of hydrogen-bond acceptors (Lipinski definition) is 7. The Morgan fingerprint density at radius 3 is 2.89 bits per heavy atom. The number of nitro benzene ring substituents is 1. The van der Waals surface area contributed by atoms with E-state index < -0.39 is 10.9 Å². The van der Waals surface area contributed by atoms with Crippen molar-refractivity contribution in [3.05, 3.63) is 32.8 Å². The van der Waals surface area contributed by atoms with Crippen LogP contribution < -0.4 is 16.2 Å². The monoisotopic (exact) mass is 319 g/mol. The second-order valence-electron chi connectivity index (χ2n) is 3.04. The van der Waals surface area contributed by atoms with Crippen LogP contribution in [0.3, 0.4) is 0 Å². The molecule has 98 valence electrons. The summed E-state index contributed by atoms with van der Waals surface area (Å²) in [5.74, 6) is 4.20. The van der Waals surface area contributed by atoms with Crippen LogP contribution in [0.25, 0.3) is 0 Å². The number of hydrazine groups is 1. The molecule has 0 heterocycles. The first-order valence-corrected chi connectivity index (χ1v) is 5.56. The van der Waals surface area contributed by atoms with Gasteiger partial charge in [-0.25, -0.2) is 5.84 Å². The number of para-hydroxylation sites is 1. The molecular weight excluding hydrogens is 310 g/mol. The van der Waals surface area contributed by atoms with Crippen LogP contribution in [0.5, 0.6) is 5.75 Å². The lowest BCUT2D eigenvalue weighted by Gasteiger charge is -2.07. The Labute approximate surface area is 110 Å². The highest BCUT2D eigenvalue weighted by Gasteiger charge is 2.18. The van der Waals surface area contributed by atoms with Crippen molar-refractivity contribution in [3.63, 3.8) is 0 Å². The Bertz CT molecular complexity index is 454. The molecule has 18 heavy (non-hydrogen) atoms. The third kappa shape index (κ3) is 3.95. The lowest BCUT2D eigenvalue weighted by Crippen LogP contribution is -2.27. The largest absolute Gasteiger partial charge is 0.485 e. The number of benzene rings is 1. The van der Waals surface area contributed by atoms with Crippen LogP contribution in [0, 0.1) is 10.1 Å². The van der Waals surface area contributed by atoms with Gasteiger partial charge >= 0.3 is 11.7 Å². The SMILES string of the molecule is NNOC(=O)CCOc1c(Br)cccc1[N+](=O)[O-]. The van der Waals surface area contributed by atoms with E-state index in [1.54, 1.807) is 11.7 Å². The van der Waals surface area contributed by atoms with Gasteiger partial charge in [0.1, 0.15) is 0 Å². The number of nitrogens with one attached hydrogen (secondary N) is 1. The first kappa shape index (κ1) is 14.4. The van der Waals surface area contributed by atoms with Gasteiger partial charge in [0.15, 0.2) is 0 Å². The maximum absolute atomic E-state index is 10.9. The van der Waals surface area contributed by atoms with Gasteiger partial charge in [0, 0.05) is 6.07 Å². The van der Waals surface area contributed by atoms with E-state index in [1.165, 1.54) is 12.1 Å².